The number of hydrogen-bond donors (Lipinski definition) is 0. The molecule has 6 heteroatoms. The Balaban J connectivity index is 4.57. The highest BCUT2D eigenvalue weighted by molar-refractivity contribution is 5.72. The van der Waals surface area contributed by atoms with Crippen LogP contribution in [0.25, 0.3) is 0 Å². The summed E-state index contributed by atoms with van der Waals surface area (Å²) < 4.78 is 16.6. The second-order valence-electron chi connectivity index (χ2n) is 16.3. The number of carbonyl (C=O) groups excluding carboxylic acids is 3. The quantitative estimate of drug-likeness (QED) is 0.0262. The van der Waals surface area contributed by atoms with Gasteiger partial charge in [-0.3, -0.25) is 14.4 Å². The Labute approximate surface area is 398 Å². The van der Waals surface area contributed by atoms with Gasteiger partial charge in [0.05, 0.1) is 6.42 Å². The van der Waals surface area contributed by atoms with Gasteiger partial charge in [-0.05, 0) is 116 Å². The normalized spacial score (nSPS) is 13.2. The summed E-state index contributed by atoms with van der Waals surface area (Å²) in [4.78, 5) is 37.9. The molecule has 1 unspecified atom stereocenters. The molecule has 0 aliphatic heterocycles. The molecule has 1 atom stereocenters. The fourth-order valence-electron chi connectivity index (χ4n) is 6.36. The van der Waals surface area contributed by atoms with Crippen molar-refractivity contribution in [3.8, 4) is 0 Å². The summed E-state index contributed by atoms with van der Waals surface area (Å²) in [7, 11) is 0. The van der Waals surface area contributed by atoms with Crippen LogP contribution < -0.4 is 0 Å². The molecular formula is C59H92O6. The highest BCUT2D eigenvalue weighted by atomic mass is 16.6. The van der Waals surface area contributed by atoms with Crippen LogP contribution in [0.15, 0.2) is 134 Å². The minimum absolute atomic E-state index is 0.0813. The standard InChI is InChI=1S/C59H92O6/c1-4-7-10-13-16-19-22-25-27-28-29-30-32-34-37-40-43-46-49-52-58(61)64-55-56(54-63-57(60)51-48-45-42-39-36-33-24-21-18-15-12-9-6-3)65-59(62)53-50-47-44-41-38-35-31-26-23-20-17-14-11-8-5-2/h8-9,11-12,16-21,25-27,29-31,33,36,38,41,47,50,56H,4-7,10,13-15,22-24,28,32,34-35,37,39-40,42-46,48-49,51-55H2,1-3H3/b11-8-,12-9-,19-16-,20-17-,21-18-,27-25-,30-29-,31-26-,36-33-,41-38-,50-47-. The third-order valence-corrected chi connectivity index (χ3v) is 10.2. The second kappa shape index (κ2) is 52.2. The van der Waals surface area contributed by atoms with Gasteiger partial charge in [-0.2, -0.15) is 0 Å². The van der Waals surface area contributed by atoms with E-state index in [2.05, 4.69) is 142 Å². The zero-order valence-electron chi connectivity index (χ0n) is 41.4. The first-order chi connectivity index (χ1) is 32.0. The van der Waals surface area contributed by atoms with Gasteiger partial charge in [0.1, 0.15) is 13.2 Å². The number of esters is 3. The van der Waals surface area contributed by atoms with E-state index in [9.17, 15) is 14.4 Å². The van der Waals surface area contributed by atoms with Crippen LogP contribution in [0.1, 0.15) is 201 Å². The van der Waals surface area contributed by atoms with Crippen molar-refractivity contribution in [1.82, 2.24) is 0 Å². The van der Waals surface area contributed by atoms with E-state index in [-0.39, 0.29) is 31.6 Å². The van der Waals surface area contributed by atoms with Crippen LogP contribution in [0.3, 0.4) is 0 Å². The summed E-state index contributed by atoms with van der Waals surface area (Å²) in [6.45, 7) is 6.23. The Morgan fingerprint density at radius 2 is 0.646 bits per heavy atom. The SMILES string of the molecule is CC/C=C\C/C=C\C/C=C\C/C=C\C/C=C\CC(=O)OC(COC(=O)CCCCC/C=C\C/C=C\C/C=C\CC)COC(=O)CCCCCCCC/C=C\C/C=C\C/C=C\CCCCC. The fourth-order valence-corrected chi connectivity index (χ4v) is 6.36. The van der Waals surface area contributed by atoms with E-state index < -0.39 is 12.1 Å². The number of unbranched alkanes of at least 4 members (excludes halogenated alkanes) is 12. The average molecular weight is 897 g/mol. The molecular weight excluding hydrogens is 805 g/mol. The zero-order valence-corrected chi connectivity index (χ0v) is 41.4. The van der Waals surface area contributed by atoms with Crippen LogP contribution in [0.2, 0.25) is 0 Å². The third kappa shape index (κ3) is 50.4. The molecule has 0 N–H and O–H groups in total. The maximum atomic E-state index is 12.7. The number of ether oxygens (including phenoxy) is 3. The predicted octanol–water partition coefficient (Wildman–Crippen LogP) is 17.1. The van der Waals surface area contributed by atoms with Gasteiger partial charge in [0.2, 0.25) is 0 Å². The molecule has 0 spiro atoms. The van der Waals surface area contributed by atoms with Gasteiger partial charge in [-0.25, -0.2) is 0 Å². The van der Waals surface area contributed by atoms with Crippen LogP contribution in [0, 0.1) is 0 Å². The first kappa shape index (κ1) is 60.5. The Hall–Kier alpha value is -4.45. The van der Waals surface area contributed by atoms with Gasteiger partial charge in [0.15, 0.2) is 6.10 Å². The van der Waals surface area contributed by atoms with Crippen molar-refractivity contribution in [3.05, 3.63) is 134 Å². The summed E-state index contributed by atoms with van der Waals surface area (Å²) in [5.41, 5.74) is 0. The molecule has 0 amide bonds. The molecule has 6 nitrogen and oxygen atoms in total. The fraction of sp³-hybridized carbons (Fsp3) is 0.576. The van der Waals surface area contributed by atoms with Crippen LogP contribution in [-0.2, 0) is 28.6 Å². The van der Waals surface area contributed by atoms with Crippen molar-refractivity contribution in [2.45, 2.75) is 207 Å². The van der Waals surface area contributed by atoms with Crippen LogP contribution in [0.4, 0.5) is 0 Å². The Morgan fingerprint density at radius 1 is 0.338 bits per heavy atom. The van der Waals surface area contributed by atoms with Crippen molar-refractivity contribution in [2.24, 2.45) is 0 Å². The summed E-state index contributed by atoms with van der Waals surface area (Å²) in [5.74, 6) is -1.12. The van der Waals surface area contributed by atoms with Crippen molar-refractivity contribution >= 4 is 17.9 Å². The first-order valence-corrected chi connectivity index (χ1v) is 25.7. The smallest absolute Gasteiger partial charge is 0.310 e. The molecule has 0 aromatic carbocycles. The topological polar surface area (TPSA) is 78.9 Å². The number of hydrogen-bond acceptors (Lipinski definition) is 6. The molecule has 0 aliphatic carbocycles. The Morgan fingerprint density at radius 3 is 1.03 bits per heavy atom. The van der Waals surface area contributed by atoms with Crippen molar-refractivity contribution in [2.75, 3.05) is 13.2 Å². The van der Waals surface area contributed by atoms with Crippen molar-refractivity contribution in [3.63, 3.8) is 0 Å². The second-order valence-corrected chi connectivity index (χ2v) is 16.3. The van der Waals surface area contributed by atoms with E-state index in [1.807, 2.05) is 6.08 Å². The highest BCUT2D eigenvalue weighted by Crippen LogP contribution is 2.11. The largest absolute Gasteiger partial charge is 0.462 e. The van der Waals surface area contributed by atoms with E-state index in [1.54, 1.807) is 6.08 Å². The van der Waals surface area contributed by atoms with Gasteiger partial charge in [-0.1, -0.05) is 199 Å². The summed E-state index contributed by atoms with van der Waals surface area (Å²) in [6.07, 6.45) is 73.2. The van der Waals surface area contributed by atoms with Gasteiger partial charge >= 0.3 is 17.9 Å². The first-order valence-electron chi connectivity index (χ1n) is 25.7. The van der Waals surface area contributed by atoms with Crippen LogP contribution >= 0.6 is 0 Å². The lowest BCUT2D eigenvalue weighted by Crippen LogP contribution is -2.30. The summed E-state index contributed by atoms with van der Waals surface area (Å²) >= 11 is 0. The van der Waals surface area contributed by atoms with Crippen LogP contribution in [0.5, 0.6) is 0 Å². The molecule has 0 saturated carbocycles. The summed E-state index contributed by atoms with van der Waals surface area (Å²) in [5, 5.41) is 0. The lowest BCUT2D eigenvalue weighted by atomic mass is 10.1. The molecule has 0 fully saturated rings. The monoisotopic (exact) mass is 897 g/mol. The Kier molecular flexibility index (Phi) is 48.6. The Bertz CT molecular complexity index is 1450. The number of carbonyl (C=O) groups is 3. The maximum absolute atomic E-state index is 12.7. The molecule has 0 rings (SSSR count). The third-order valence-electron chi connectivity index (χ3n) is 10.2. The average Bonchev–Trinajstić information content (AvgIpc) is 3.30. The van der Waals surface area contributed by atoms with Crippen molar-refractivity contribution < 1.29 is 28.6 Å². The zero-order chi connectivity index (χ0) is 47.2. The maximum Gasteiger partial charge on any atom is 0.310 e. The number of rotatable bonds is 44. The van der Waals surface area contributed by atoms with Gasteiger partial charge in [0.25, 0.3) is 0 Å². The molecule has 0 aliphatic rings. The van der Waals surface area contributed by atoms with Gasteiger partial charge < -0.3 is 14.2 Å². The van der Waals surface area contributed by atoms with E-state index >= 15 is 0 Å². The highest BCUT2D eigenvalue weighted by Gasteiger charge is 2.19. The summed E-state index contributed by atoms with van der Waals surface area (Å²) in [6, 6.07) is 0. The lowest BCUT2D eigenvalue weighted by Gasteiger charge is -2.18. The molecule has 0 aromatic heterocycles. The molecule has 0 radical (unpaired) electrons. The van der Waals surface area contributed by atoms with Gasteiger partial charge in [-0.15, -0.1) is 0 Å². The van der Waals surface area contributed by atoms with E-state index in [0.717, 1.165) is 116 Å². The number of allylic oxidation sites excluding steroid dienone is 21. The van der Waals surface area contributed by atoms with Crippen LogP contribution in [-0.4, -0.2) is 37.2 Å². The van der Waals surface area contributed by atoms with Gasteiger partial charge in [0, 0.05) is 12.8 Å². The predicted molar refractivity (Wildman–Crippen MR) is 279 cm³/mol. The molecule has 65 heavy (non-hydrogen) atoms. The molecule has 364 valence electrons. The minimum Gasteiger partial charge on any atom is -0.462 e. The lowest BCUT2D eigenvalue weighted by molar-refractivity contribution is -0.166. The molecule has 0 bridgehead atoms. The van der Waals surface area contributed by atoms with E-state index in [4.69, 9.17) is 14.2 Å². The minimum atomic E-state index is -0.854. The van der Waals surface area contributed by atoms with Crippen molar-refractivity contribution in [1.29, 1.82) is 0 Å². The molecule has 0 heterocycles. The molecule has 0 saturated heterocycles. The van der Waals surface area contributed by atoms with E-state index in [0.29, 0.717) is 19.3 Å². The van der Waals surface area contributed by atoms with E-state index in [1.165, 1.54) is 38.5 Å². The molecule has 0 aromatic rings.